The number of methoxy groups -OCH3 is 1. The number of carbonyl (C=O) groups is 1. The molecule has 0 aliphatic rings. The predicted octanol–water partition coefficient (Wildman–Crippen LogP) is 3.56. The third kappa shape index (κ3) is 5.56. The van der Waals surface area contributed by atoms with E-state index in [1.54, 1.807) is 37.5 Å². The minimum Gasteiger partial charge on any atom is -0.497 e. The number of allylic oxidation sites excluding steroid dienone is 1. The summed E-state index contributed by atoms with van der Waals surface area (Å²) in [5.74, 6) is 0.718. The van der Waals surface area contributed by atoms with E-state index in [1.165, 1.54) is 0 Å². The van der Waals surface area contributed by atoms with Crippen molar-refractivity contribution in [3.8, 4) is 5.75 Å². The Morgan fingerprint density at radius 1 is 1.17 bits per heavy atom. The van der Waals surface area contributed by atoms with Crippen LogP contribution in [0.1, 0.15) is 15.9 Å². The molecule has 0 amide bonds. The second kappa shape index (κ2) is 8.89. The van der Waals surface area contributed by atoms with Gasteiger partial charge in [0.1, 0.15) is 5.75 Å². The lowest BCUT2D eigenvalue weighted by Gasteiger charge is -2.11. The zero-order chi connectivity index (χ0) is 17.4. The van der Waals surface area contributed by atoms with E-state index >= 15 is 0 Å². The SMILES string of the molecule is COc1ccc(C(=O)C=Cc2cccc(NCCN(C)C)c2)cc1. The Morgan fingerprint density at radius 3 is 2.58 bits per heavy atom. The molecule has 24 heavy (non-hydrogen) atoms. The Morgan fingerprint density at radius 2 is 1.92 bits per heavy atom. The maximum atomic E-state index is 12.2. The van der Waals surface area contributed by atoms with Gasteiger partial charge in [0.25, 0.3) is 0 Å². The van der Waals surface area contributed by atoms with Crippen LogP contribution in [-0.2, 0) is 0 Å². The van der Waals surface area contributed by atoms with Crippen molar-refractivity contribution >= 4 is 17.5 Å². The van der Waals surface area contributed by atoms with Crippen molar-refractivity contribution in [3.63, 3.8) is 0 Å². The highest BCUT2D eigenvalue weighted by Gasteiger charge is 2.02. The van der Waals surface area contributed by atoms with Gasteiger partial charge < -0.3 is 15.0 Å². The van der Waals surface area contributed by atoms with Crippen LogP contribution in [0.25, 0.3) is 6.08 Å². The number of carbonyl (C=O) groups excluding carboxylic acids is 1. The van der Waals surface area contributed by atoms with Crippen LogP contribution in [0.15, 0.2) is 54.6 Å². The maximum Gasteiger partial charge on any atom is 0.185 e. The molecule has 0 radical (unpaired) electrons. The number of hydrogen-bond acceptors (Lipinski definition) is 4. The van der Waals surface area contributed by atoms with E-state index in [1.807, 2.05) is 44.4 Å². The van der Waals surface area contributed by atoms with E-state index in [-0.39, 0.29) is 5.78 Å². The number of nitrogens with one attached hydrogen (secondary N) is 1. The van der Waals surface area contributed by atoms with Gasteiger partial charge in [0.2, 0.25) is 0 Å². The molecule has 126 valence electrons. The predicted molar refractivity (Wildman–Crippen MR) is 99.8 cm³/mol. The normalized spacial score (nSPS) is 11.0. The molecule has 2 aromatic rings. The van der Waals surface area contributed by atoms with Gasteiger partial charge in [0, 0.05) is 24.3 Å². The fourth-order valence-corrected chi connectivity index (χ4v) is 2.20. The summed E-state index contributed by atoms with van der Waals surface area (Å²) in [5, 5.41) is 3.37. The molecule has 0 saturated carbocycles. The fourth-order valence-electron chi connectivity index (χ4n) is 2.20. The van der Waals surface area contributed by atoms with Crippen LogP contribution >= 0.6 is 0 Å². The van der Waals surface area contributed by atoms with E-state index < -0.39 is 0 Å². The van der Waals surface area contributed by atoms with Crippen molar-refractivity contribution in [1.82, 2.24) is 4.90 Å². The molecule has 1 N–H and O–H groups in total. The molecule has 0 unspecified atom stereocenters. The Labute approximate surface area is 143 Å². The van der Waals surface area contributed by atoms with E-state index in [2.05, 4.69) is 10.2 Å². The third-order valence-corrected chi connectivity index (χ3v) is 3.58. The van der Waals surface area contributed by atoms with Crippen LogP contribution in [-0.4, -0.2) is 45.0 Å². The maximum absolute atomic E-state index is 12.2. The zero-order valence-corrected chi connectivity index (χ0v) is 14.5. The second-order valence-corrected chi connectivity index (χ2v) is 5.78. The lowest BCUT2D eigenvalue weighted by Crippen LogP contribution is -2.20. The molecule has 0 aliphatic carbocycles. The van der Waals surface area contributed by atoms with Gasteiger partial charge in [-0.3, -0.25) is 4.79 Å². The molecule has 0 aromatic heterocycles. The summed E-state index contributed by atoms with van der Waals surface area (Å²) in [6, 6.07) is 15.1. The molecule has 4 heteroatoms. The van der Waals surface area contributed by atoms with Gasteiger partial charge >= 0.3 is 0 Å². The molecule has 4 nitrogen and oxygen atoms in total. The minimum absolute atomic E-state index is 0.0244. The summed E-state index contributed by atoms with van der Waals surface area (Å²) < 4.78 is 5.10. The monoisotopic (exact) mass is 324 g/mol. The smallest absolute Gasteiger partial charge is 0.185 e. The molecule has 2 rings (SSSR count). The number of nitrogens with zero attached hydrogens (tertiary/aromatic N) is 1. The molecule has 0 atom stereocenters. The van der Waals surface area contributed by atoms with Crippen LogP contribution in [0.4, 0.5) is 5.69 Å². The zero-order valence-electron chi connectivity index (χ0n) is 14.5. The van der Waals surface area contributed by atoms with E-state index in [0.29, 0.717) is 5.56 Å². The molecular formula is C20H24N2O2. The van der Waals surface area contributed by atoms with Gasteiger partial charge in [0.05, 0.1) is 7.11 Å². The Bertz CT molecular complexity index is 691. The van der Waals surface area contributed by atoms with Crippen molar-refractivity contribution in [2.24, 2.45) is 0 Å². The van der Waals surface area contributed by atoms with Crippen LogP contribution in [0.3, 0.4) is 0 Å². The minimum atomic E-state index is -0.0244. The lowest BCUT2D eigenvalue weighted by atomic mass is 10.1. The topological polar surface area (TPSA) is 41.6 Å². The van der Waals surface area contributed by atoms with Crippen LogP contribution < -0.4 is 10.1 Å². The molecule has 0 bridgehead atoms. The Hall–Kier alpha value is -2.59. The quantitative estimate of drug-likeness (QED) is 0.595. The van der Waals surface area contributed by atoms with Gasteiger partial charge in [-0.25, -0.2) is 0 Å². The molecule has 0 aliphatic heterocycles. The van der Waals surface area contributed by atoms with Crippen LogP contribution in [0.2, 0.25) is 0 Å². The van der Waals surface area contributed by atoms with E-state index in [4.69, 9.17) is 4.74 Å². The molecular weight excluding hydrogens is 300 g/mol. The molecule has 0 spiro atoms. The van der Waals surface area contributed by atoms with Crippen molar-refractivity contribution < 1.29 is 9.53 Å². The summed E-state index contributed by atoms with van der Waals surface area (Å²) in [6.07, 6.45) is 3.43. The van der Waals surface area contributed by atoms with Crippen molar-refractivity contribution in [2.45, 2.75) is 0 Å². The highest BCUT2D eigenvalue weighted by molar-refractivity contribution is 6.06. The lowest BCUT2D eigenvalue weighted by molar-refractivity contribution is 0.104. The number of likely N-dealkylation sites (N-methyl/N-ethyl adjacent to an activating group) is 1. The molecule has 0 heterocycles. The largest absolute Gasteiger partial charge is 0.497 e. The first kappa shape index (κ1) is 17.8. The van der Waals surface area contributed by atoms with Crippen molar-refractivity contribution in [1.29, 1.82) is 0 Å². The summed E-state index contributed by atoms with van der Waals surface area (Å²) in [7, 11) is 5.70. The van der Waals surface area contributed by atoms with E-state index in [0.717, 1.165) is 30.1 Å². The first-order valence-electron chi connectivity index (χ1n) is 7.93. The first-order chi connectivity index (χ1) is 11.6. The Balaban J connectivity index is 1.98. The molecule has 2 aromatic carbocycles. The van der Waals surface area contributed by atoms with Gasteiger partial charge in [-0.15, -0.1) is 0 Å². The second-order valence-electron chi connectivity index (χ2n) is 5.78. The van der Waals surface area contributed by atoms with Gasteiger partial charge in [-0.05, 0) is 62.1 Å². The summed E-state index contributed by atoms with van der Waals surface area (Å²) in [4.78, 5) is 14.3. The highest BCUT2D eigenvalue weighted by Crippen LogP contribution is 2.14. The highest BCUT2D eigenvalue weighted by atomic mass is 16.5. The van der Waals surface area contributed by atoms with Crippen LogP contribution in [0, 0.1) is 0 Å². The number of benzene rings is 2. The number of ether oxygens (including phenoxy) is 1. The number of anilines is 1. The van der Waals surface area contributed by atoms with Crippen molar-refractivity contribution in [3.05, 3.63) is 65.7 Å². The standard InChI is InChI=1S/C20H24N2O2/c1-22(2)14-13-21-18-6-4-5-16(15-18)7-12-20(23)17-8-10-19(24-3)11-9-17/h4-12,15,21H,13-14H2,1-3H3. The number of rotatable bonds is 8. The van der Waals surface area contributed by atoms with Gasteiger partial charge in [-0.2, -0.15) is 0 Å². The van der Waals surface area contributed by atoms with E-state index in [9.17, 15) is 4.79 Å². The summed E-state index contributed by atoms with van der Waals surface area (Å²) in [6.45, 7) is 1.85. The third-order valence-electron chi connectivity index (χ3n) is 3.58. The van der Waals surface area contributed by atoms with Gasteiger partial charge in [-0.1, -0.05) is 18.2 Å². The fraction of sp³-hybridized carbons (Fsp3) is 0.250. The average molecular weight is 324 g/mol. The van der Waals surface area contributed by atoms with Crippen molar-refractivity contribution in [2.75, 3.05) is 39.6 Å². The molecule has 0 saturated heterocycles. The number of hydrogen-bond donors (Lipinski definition) is 1. The van der Waals surface area contributed by atoms with Gasteiger partial charge in [0.15, 0.2) is 5.78 Å². The average Bonchev–Trinajstić information content (AvgIpc) is 2.60. The summed E-state index contributed by atoms with van der Waals surface area (Å²) in [5.41, 5.74) is 2.69. The Kier molecular flexibility index (Phi) is 6.58. The first-order valence-corrected chi connectivity index (χ1v) is 7.93. The summed E-state index contributed by atoms with van der Waals surface area (Å²) >= 11 is 0. The molecule has 0 fully saturated rings. The van der Waals surface area contributed by atoms with Crippen LogP contribution in [0.5, 0.6) is 5.75 Å². The number of ketones is 1.